The number of nitrogens with zero attached hydrogens (tertiary/aromatic N) is 2. The van der Waals surface area contributed by atoms with Crippen molar-refractivity contribution in [2.75, 3.05) is 19.4 Å². The standard InChI is InChI=1S/C15H18BrN3/c1-17-15-9-5-7-13(18-15)11-19(2)10-12-6-3-4-8-14(12)16/h3-9H,10-11H2,1-2H3,(H,17,18). The molecular formula is C15H18BrN3. The van der Waals surface area contributed by atoms with E-state index in [0.717, 1.165) is 29.1 Å². The van der Waals surface area contributed by atoms with Crippen LogP contribution in [0.2, 0.25) is 0 Å². The van der Waals surface area contributed by atoms with E-state index in [2.05, 4.69) is 62.4 Å². The van der Waals surface area contributed by atoms with Crippen molar-refractivity contribution in [2.45, 2.75) is 13.1 Å². The van der Waals surface area contributed by atoms with Crippen LogP contribution in [0.5, 0.6) is 0 Å². The van der Waals surface area contributed by atoms with Gasteiger partial charge in [-0.05, 0) is 30.8 Å². The molecule has 3 nitrogen and oxygen atoms in total. The van der Waals surface area contributed by atoms with Crippen LogP contribution in [0.15, 0.2) is 46.9 Å². The van der Waals surface area contributed by atoms with Gasteiger partial charge in [0.25, 0.3) is 0 Å². The lowest BCUT2D eigenvalue weighted by molar-refractivity contribution is 0.314. The summed E-state index contributed by atoms with van der Waals surface area (Å²) in [5.74, 6) is 0.909. The Morgan fingerprint density at radius 2 is 1.89 bits per heavy atom. The third kappa shape index (κ3) is 4.04. The van der Waals surface area contributed by atoms with E-state index >= 15 is 0 Å². The van der Waals surface area contributed by atoms with E-state index in [4.69, 9.17) is 0 Å². The summed E-state index contributed by atoms with van der Waals surface area (Å²) in [7, 11) is 3.99. The molecule has 1 aromatic carbocycles. The largest absolute Gasteiger partial charge is 0.373 e. The average Bonchev–Trinajstić information content (AvgIpc) is 2.41. The zero-order valence-electron chi connectivity index (χ0n) is 11.2. The van der Waals surface area contributed by atoms with E-state index in [1.165, 1.54) is 5.56 Å². The summed E-state index contributed by atoms with van der Waals surface area (Å²) in [4.78, 5) is 6.78. The van der Waals surface area contributed by atoms with Gasteiger partial charge in [0.2, 0.25) is 0 Å². The smallest absolute Gasteiger partial charge is 0.126 e. The van der Waals surface area contributed by atoms with Crippen LogP contribution in [0.25, 0.3) is 0 Å². The summed E-state index contributed by atoms with van der Waals surface area (Å²) >= 11 is 3.58. The molecule has 4 heteroatoms. The molecule has 0 saturated carbocycles. The number of hydrogen-bond acceptors (Lipinski definition) is 3. The molecule has 0 aliphatic carbocycles. The molecule has 0 aliphatic heterocycles. The van der Waals surface area contributed by atoms with Crippen LogP contribution in [0, 0.1) is 0 Å². The molecule has 0 saturated heterocycles. The molecule has 1 heterocycles. The molecule has 1 aromatic heterocycles. The fourth-order valence-corrected chi connectivity index (χ4v) is 2.37. The summed E-state index contributed by atoms with van der Waals surface area (Å²) < 4.78 is 1.15. The van der Waals surface area contributed by atoms with Crippen LogP contribution in [0.4, 0.5) is 5.82 Å². The van der Waals surface area contributed by atoms with Crippen molar-refractivity contribution < 1.29 is 0 Å². The fraction of sp³-hybridized carbons (Fsp3) is 0.267. The van der Waals surface area contributed by atoms with E-state index < -0.39 is 0 Å². The van der Waals surface area contributed by atoms with Crippen molar-refractivity contribution in [1.82, 2.24) is 9.88 Å². The van der Waals surface area contributed by atoms with Crippen molar-refractivity contribution in [3.05, 3.63) is 58.2 Å². The molecular weight excluding hydrogens is 302 g/mol. The second kappa shape index (κ2) is 6.68. The van der Waals surface area contributed by atoms with Gasteiger partial charge in [-0.2, -0.15) is 0 Å². The summed E-state index contributed by atoms with van der Waals surface area (Å²) in [5, 5.41) is 3.06. The molecule has 0 radical (unpaired) electrons. The van der Waals surface area contributed by atoms with Gasteiger partial charge in [0.1, 0.15) is 5.82 Å². The van der Waals surface area contributed by atoms with Crippen molar-refractivity contribution in [3.63, 3.8) is 0 Å². The van der Waals surface area contributed by atoms with Crippen molar-refractivity contribution in [3.8, 4) is 0 Å². The van der Waals surface area contributed by atoms with Gasteiger partial charge in [0.05, 0.1) is 5.69 Å². The normalized spacial score (nSPS) is 10.7. The van der Waals surface area contributed by atoms with E-state index in [1.54, 1.807) is 0 Å². The Hall–Kier alpha value is -1.39. The maximum atomic E-state index is 4.53. The fourth-order valence-electron chi connectivity index (χ4n) is 1.96. The first-order chi connectivity index (χ1) is 9.19. The van der Waals surface area contributed by atoms with Crippen LogP contribution in [-0.2, 0) is 13.1 Å². The first-order valence-corrected chi connectivity index (χ1v) is 7.04. The molecule has 0 spiro atoms. The lowest BCUT2D eigenvalue weighted by atomic mass is 10.2. The number of benzene rings is 1. The maximum Gasteiger partial charge on any atom is 0.126 e. The topological polar surface area (TPSA) is 28.2 Å². The molecule has 19 heavy (non-hydrogen) atoms. The van der Waals surface area contributed by atoms with Gasteiger partial charge in [-0.25, -0.2) is 4.98 Å². The predicted molar refractivity (Wildman–Crippen MR) is 83.1 cm³/mol. The van der Waals surface area contributed by atoms with Gasteiger partial charge >= 0.3 is 0 Å². The van der Waals surface area contributed by atoms with Crippen molar-refractivity contribution in [2.24, 2.45) is 0 Å². The molecule has 2 rings (SSSR count). The molecule has 0 fully saturated rings. The zero-order chi connectivity index (χ0) is 13.7. The van der Waals surface area contributed by atoms with E-state index in [0.29, 0.717) is 0 Å². The average molecular weight is 320 g/mol. The summed E-state index contributed by atoms with van der Waals surface area (Å²) in [5.41, 5.74) is 2.36. The maximum absolute atomic E-state index is 4.53. The molecule has 0 bridgehead atoms. The molecule has 0 atom stereocenters. The molecule has 2 aromatic rings. The molecule has 100 valence electrons. The van der Waals surface area contributed by atoms with Gasteiger partial charge in [-0.1, -0.05) is 40.2 Å². The highest BCUT2D eigenvalue weighted by molar-refractivity contribution is 9.10. The van der Waals surface area contributed by atoms with Crippen LogP contribution >= 0.6 is 15.9 Å². The highest BCUT2D eigenvalue weighted by Crippen LogP contribution is 2.18. The van der Waals surface area contributed by atoms with E-state index in [-0.39, 0.29) is 0 Å². The summed E-state index contributed by atoms with van der Waals surface area (Å²) in [6, 6.07) is 14.4. The first kappa shape index (κ1) is 14.0. The van der Waals surface area contributed by atoms with Crippen LogP contribution in [0.3, 0.4) is 0 Å². The Morgan fingerprint density at radius 3 is 2.63 bits per heavy atom. The Bertz CT molecular complexity index is 542. The number of rotatable bonds is 5. The van der Waals surface area contributed by atoms with Crippen LogP contribution < -0.4 is 5.32 Å². The Labute approximate surface area is 122 Å². The Kier molecular flexibility index (Phi) is 4.93. The van der Waals surface area contributed by atoms with Crippen LogP contribution in [0.1, 0.15) is 11.3 Å². The molecule has 0 amide bonds. The SMILES string of the molecule is CNc1cccc(CN(C)Cc2ccccc2Br)n1. The number of hydrogen-bond donors (Lipinski definition) is 1. The number of pyridine rings is 1. The second-order valence-corrected chi connectivity index (χ2v) is 5.38. The van der Waals surface area contributed by atoms with Crippen molar-refractivity contribution in [1.29, 1.82) is 0 Å². The monoisotopic (exact) mass is 319 g/mol. The number of anilines is 1. The lowest BCUT2D eigenvalue weighted by Gasteiger charge is -2.17. The molecule has 1 N–H and O–H groups in total. The third-order valence-corrected chi connectivity index (χ3v) is 3.67. The highest BCUT2D eigenvalue weighted by Gasteiger charge is 2.05. The van der Waals surface area contributed by atoms with E-state index in [9.17, 15) is 0 Å². The minimum absolute atomic E-state index is 0.830. The molecule has 0 unspecified atom stereocenters. The van der Waals surface area contributed by atoms with Crippen LogP contribution in [-0.4, -0.2) is 24.0 Å². The second-order valence-electron chi connectivity index (χ2n) is 4.53. The van der Waals surface area contributed by atoms with E-state index in [1.807, 2.05) is 25.2 Å². The summed E-state index contributed by atoms with van der Waals surface area (Å²) in [6.45, 7) is 1.73. The van der Waals surface area contributed by atoms with Gasteiger partial charge in [-0.3, -0.25) is 4.90 Å². The minimum Gasteiger partial charge on any atom is -0.373 e. The van der Waals surface area contributed by atoms with Gasteiger partial charge in [0.15, 0.2) is 0 Å². The number of aromatic nitrogens is 1. The van der Waals surface area contributed by atoms with Crippen molar-refractivity contribution >= 4 is 21.7 Å². The molecule has 0 aliphatic rings. The summed E-state index contributed by atoms with van der Waals surface area (Å²) in [6.07, 6.45) is 0. The predicted octanol–water partition coefficient (Wildman–Crippen LogP) is 3.52. The third-order valence-electron chi connectivity index (χ3n) is 2.89. The highest BCUT2D eigenvalue weighted by atomic mass is 79.9. The Morgan fingerprint density at radius 1 is 1.11 bits per heavy atom. The number of halogens is 1. The van der Waals surface area contributed by atoms with Gasteiger partial charge < -0.3 is 5.32 Å². The Balaban J connectivity index is 2.01. The zero-order valence-corrected chi connectivity index (χ0v) is 12.8. The first-order valence-electron chi connectivity index (χ1n) is 6.24. The minimum atomic E-state index is 0.830. The quantitative estimate of drug-likeness (QED) is 0.914. The number of nitrogens with one attached hydrogen (secondary N) is 1. The van der Waals surface area contributed by atoms with Gasteiger partial charge in [-0.15, -0.1) is 0 Å². The van der Waals surface area contributed by atoms with Gasteiger partial charge in [0, 0.05) is 24.6 Å². The lowest BCUT2D eigenvalue weighted by Crippen LogP contribution is -2.18.